The molecule has 1 nitrogen and oxygen atoms in total. The van der Waals surface area contributed by atoms with Crippen molar-refractivity contribution in [2.45, 2.75) is 38.2 Å². The molecule has 0 spiro atoms. The predicted molar refractivity (Wildman–Crippen MR) is 55.8 cm³/mol. The molecule has 0 radical (unpaired) electrons. The van der Waals surface area contributed by atoms with E-state index in [2.05, 4.69) is 18.4 Å². The zero-order chi connectivity index (χ0) is 9.31. The minimum atomic E-state index is -0.499. The van der Waals surface area contributed by atoms with Crippen LogP contribution in [0.25, 0.3) is 0 Å². The largest absolute Gasteiger partial charge is 0.385 e. The van der Waals surface area contributed by atoms with Gasteiger partial charge in [-0.05, 0) is 47.6 Å². The van der Waals surface area contributed by atoms with E-state index in [9.17, 15) is 5.11 Å². The molecule has 0 saturated heterocycles. The van der Waals surface area contributed by atoms with Crippen molar-refractivity contribution in [2.24, 2.45) is 5.92 Å². The fraction of sp³-hybridized carbons (Fsp3) is 0.636. The molecule has 1 N–H and O–H groups in total. The van der Waals surface area contributed by atoms with Gasteiger partial charge in [0.25, 0.3) is 0 Å². The maximum absolute atomic E-state index is 10.4. The number of rotatable bonds is 2. The number of hydrogen-bond acceptors (Lipinski definition) is 2. The van der Waals surface area contributed by atoms with E-state index in [1.54, 1.807) is 11.3 Å². The van der Waals surface area contributed by atoms with Gasteiger partial charge in [0.15, 0.2) is 0 Å². The SMILES string of the molecule is CCC1CCC(O)(c2ccsc2)C1. The molecule has 1 aromatic rings. The summed E-state index contributed by atoms with van der Waals surface area (Å²) in [6.45, 7) is 2.21. The average molecular weight is 196 g/mol. The highest BCUT2D eigenvalue weighted by atomic mass is 32.1. The number of thiophene rings is 1. The van der Waals surface area contributed by atoms with Gasteiger partial charge in [0.2, 0.25) is 0 Å². The third-order valence-corrected chi connectivity index (χ3v) is 3.91. The summed E-state index contributed by atoms with van der Waals surface area (Å²) in [7, 11) is 0. The first-order valence-corrected chi connectivity index (χ1v) is 5.94. The van der Waals surface area contributed by atoms with Crippen molar-refractivity contribution in [2.75, 3.05) is 0 Å². The second kappa shape index (κ2) is 3.43. The van der Waals surface area contributed by atoms with Crippen LogP contribution >= 0.6 is 11.3 Å². The summed E-state index contributed by atoms with van der Waals surface area (Å²) in [5, 5.41) is 14.5. The van der Waals surface area contributed by atoms with Crippen molar-refractivity contribution in [3.63, 3.8) is 0 Å². The van der Waals surface area contributed by atoms with Gasteiger partial charge in [0, 0.05) is 0 Å². The molecule has 1 aliphatic rings. The van der Waals surface area contributed by atoms with Crippen LogP contribution in [-0.2, 0) is 5.60 Å². The van der Waals surface area contributed by atoms with Crippen LogP contribution in [0.15, 0.2) is 16.8 Å². The first-order chi connectivity index (χ1) is 6.24. The van der Waals surface area contributed by atoms with E-state index in [4.69, 9.17) is 0 Å². The quantitative estimate of drug-likeness (QED) is 0.770. The molecule has 2 unspecified atom stereocenters. The molecule has 2 atom stereocenters. The van der Waals surface area contributed by atoms with Gasteiger partial charge in [-0.1, -0.05) is 13.3 Å². The van der Waals surface area contributed by atoms with E-state index in [1.165, 1.54) is 12.8 Å². The minimum Gasteiger partial charge on any atom is -0.385 e. The van der Waals surface area contributed by atoms with E-state index in [-0.39, 0.29) is 0 Å². The Hall–Kier alpha value is -0.340. The van der Waals surface area contributed by atoms with E-state index in [0.717, 1.165) is 24.3 Å². The third-order valence-electron chi connectivity index (χ3n) is 3.23. The van der Waals surface area contributed by atoms with Gasteiger partial charge in [0.05, 0.1) is 5.60 Å². The summed E-state index contributed by atoms with van der Waals surface area (Å²) in [4.78, 5) is 0. The molecule has 1 heterocycles. The first kappa shape index (κ1) is 9.22. The lowest BCUT2D eigenvalue weighted by Crippen LogP contribution is -2.20. The monoisotopic (exact) mass is 196 g/mol. The molecule has 1 aromatic heterocycles. The third kappa shape index (κ3) is 1.65. The molecule has 0 amide bonds. The Morgan fingerprint density at radius 3 is 3.08 bits per heavy atom. The fourth-order valence-electron chi connectivity index (χ4n) is 2.26. The van der Waals surface area contributed by atoms with E-state index in [1.807, 2.05) is 5.38 Å². The van der Waals surface area contributed by atoms with Crippen LogP contribution in [0, 0.1) is 5.92 Å². The maximum atomic E-state index is 10.4. The van der Waals surface area contributed by atoms with Crippen LogP contribution < -0.4 is 0 Å². The lowest BCUT2D eigenvalue weighted by atomic mass is 9.93. The summed E-state index contributed by atoms with van der Waals surface area (Å²) in [6.07, 6.45) is 4.29. The Labute approximate surface area is 83.4 Å². The van der Waals surface area contributed by atoms with Crippen LogP contribution in [0.5, 0.6) is 0 Å². The van der Waals surface area contributed by atoms with Crippen molar-refractivity contribution in [1.82, 2.24) is 0 Å². The molecule has 0 aliphatic heterocycles. The molecule has 1 fully saturated rings. The highest BCUT2D eigenvalue weighted by Gasteiger charge is 2.37. The maximum Gasteiger partial charge on any atom is 0.0907 e. The van der Waals surface area contributed by atoms with E-state index >= 15 is 0 Å². The molecular weight excluding hydrogens is 180 g/mol. The standard InChI is InChI=1S/C11H16OS/c1-2-9-3-5-11(12,7-9)10-4-6-13-8-10/h4,6,8-9,12H,2-3,5,7H2,1H3. The van der Waals surface area contributed by atoms with Gasteiger partial charge in [-0.15, -0.1) is 0 Å². The van der Waals surface area contributed by atoms with Crippen molar-refractivity contribution in [3.05, 3.63) is 22.4 Å². The lowest BCUT2D eigenvalue weighted by molar-refractivity contribution is 0.0402. The van der Waals surface area contributed by atoms with Gasteiger partial charge >= 0.3 is 0 Å². The highest BCUT2D eigenvalue weighted by Crippen LogP contribution is 2.43. The zero-order valence-corrected chi connectivity index (χ0v) is 8.81. The predicted octanol–water partition coefficient (Wildman–Crippen LogP) is 3.15. The van der Waals surface area contributed by atoms with Gasteiger partial charge < -0.3 is 5.11 Å². The zero-order valence-electron chi connectivity index (χ0n) is 7.99. The Kier molecular flexibility index (Phi) is 2.43. The van der Waals surface area contributed by atoms with Crippen LogP contribution in [0.4, 0.5) is 0 Å². The summed E-state index contributed by atoms with van der Waals surface area (Å²) < 4.78 is 0. The molecule has 72 valence electrons. The smallest absolute Gasteiger partial charge is 0.0907 e. The van der Waals surface area contributed by atoms with Crippen molar-refractivity contribution < 1.29 is 5.11 Å². The van der Waals surface area contributed by atoms with Crippen molar-refractivity contribution >= 4 is 11.3 Å². The Morgan fingerprint density at radius 1 is 1.69 bits per heavy atom. The summed E-state index contributed by atoms with van der Waals surface area (Å²) in [6, 6.07) is 2.06. The van der Waals surface area contributed by atoms with Gasteiger partial charge in [-0.3, -0.25) is 0 Å². The van der Waals surface area contributed by atoms with Crippen molar-refractivity contribution in [1.29, 1.82) is 0 Å². The topological polar surface area (TPSA) is 20.2 Å². The molecule has 2 rings (SSSR count). The second-order valence-electron chi connectivity index (χ2n) is 4.06. The average Bonchev–Trinajstić information content (AvgIpc) is 2.72. The molecule has 0 aromatic carbocycles. The number of aliphatic hydroxyl groups is 1. The molecule has 0 bridgehead atoms. The van der Waals surface area contributed by atoms with Crippen LogP contribution in [0.1, 0.15) is 38.2 Å². The molecule has 1 aliphatic carbocycles. The van der Waals surface area contributed by atoms with Crippen LogP contribution in [-0.4, -0.2) is 5.11 Å². The van der Waals surface area contributed by atoms with Crippen LogP contribution in [0.3, 0.4) is 0 Å². The van der Waals surface area contributed by atoms with Crippen LogP contribution in [0.2, 0.25) is 0 Å². The molecule has 1 saturated carbocycles. The normalized spacial score (nSPS) is 33.8. The van der Waals surface area contributed by atoms with E-state index < -0.39 is 5.60 Å². The van der Waals surface area contributed by atoms with Gasteiger partial charge in [-0.25, -0.2) is 0 Å². The minimum absolute atomic E-state index is 0.499. The van der Waals surface area contributed by atoms with E-state index in [0.29, 0.717) is 0 Å². The van der Waals surface area contributed by atoms with Crippen molar-refractivity contribution in [3.8, 4) is 0 Å². The Bertz CT molecular complexity index is 268. The summed E-state index contributed by atoms with van der Waals surface area (Å²) in [5.41, 5.74) is 0.633. The molecule has 2 heteroatoms. The second-order valence-corrected chi connectivity index (χ2v) is 4.84. The van der Waals surface area contributed by atoms with Gasteiger partial charge in [0.1, 0.15) is 0 Å². The van der Waals surface area contributed by atoms with Gasteiger partial charge in [-0.2, -0.15) is 11.3 Å². The molecular formula is C11H16OS. The number of hydrogen-bond donors (Lipinski definition) is 1. The Morgan fingerprint density at radius 2 is 2.54 bits per heavy atom. The fourth-order valence-corrected chi connectivity index (χ4v) is 3.01. The summed E-state index contributed by atoms with van der Waals surface area (Å²) >= 11 is 1.67. The highest BCUT2D eigenvalue weighted by molar-refractivity contribution is 7.08. The molecule has 13 heavy (non-hydrogen) atoms. The summed E-state index contributed by atoms with van der Waals surface area (Å²) in [5.74, 6) is 0.727. The lowest BCUT2D eigenvalue weighted by Gasteiger charge is -2.21. The first-order valence-electron chi connectivity index (χ1n) is 4.99. The Balaban J connectivity index is 2.15.